The summed E-state index contributed by atoms with van der Waals surface area (Å²) in [7, 11) is 0. The lowest BCUT2D eigenvalue weighted by molar-refractivity contribution is -0.141. The molecule has 4 rings (SSSR count). The van der Waals surface area contributed by atoms with Crippen molar-refractivity contribution >= 4 is 22.8 Å². The molecule has 1 unspecified atom stereocenters. The number of aromatic nitrogens is 1. The molecule has 1 aliphatic carbocycles. The molecule has 1 aliphatic rings. The van der Waals surface area contributed by atoms with Gasteiger partial charge < -0.3 is 15.0 Å². The Bertz CT molecular complexity index is 1130. The topological polar surface area (TPSA) is 71.3 Å². The number of carboxylic acids is 1. The summed E-state index contributed by atoms with van der Waals surface area (Å²) >= 11 is 0. The standard InChI is InChI=1S/C25H27FN2O3/c1-3-21(25(30)31)28-22-10-8-17(26)13-19(22)20-14-18(9-11-23(20)28)27-24(29)12-16-6-4-15(2)5-7-16/h4-8,10,13,18,21H,3,9,11-12,14H2,1-2H3,(H,27,29)(H,30,31)/t18-,21?/m0/s1. The highest BCUT2D eigenvalue weighted by molar-refractivity contribution is 5.88. The number of amides is 1. The third-order valence-corrected chi connectivity index (χ3v) is 6.20. The quantitative estimate of drug-likeness (QED) is 0.621. The van der Waals surface area contributed by atoms with Crippen molar-refractivity contribution in [1.29, 1.82) is 0 Å². The second-order valence-corrected chi connectivity index (χ2v) is 8.39. The molecule has 162 valence electrons. The van der Waals surface area contributed by atoms with Gasteiger partial charge in [-0.15, -0.1) is 0 Å². The number of carbonyl (C=O) groups excluding carboxylic acids is 1. The predicted molar refractivity (Wildman–Crippen MR) is 118 cm³/mol. The van der Waals surface area contributed by atoms with E-state index in [9.17, 15) is 19.1 Å². The third-order valence-electron chi connectivity index (χ3n) is 6.20. The number of carboxylic acid groups (broad SMARTS) is 1. The van der Waals surface area contributed by atoms with Gasteiger partial charge in [0.15, 0.2) is 0 Å². The Morgan fingerprint density at radius 1 is 1.23 bits per heavy atom. The Kier molecular flexibility index (Phi) is 5.81. The molecule has 5 nitrogen and oxygen atoms in total. The summed E-state index contributed by atoms with van der Waals surface area (Å²) in [6.45, 7) is 3.85. The molecule has 0 radical (unpaired) electrons. The molecule has 0 bridgehead atoms. The van der Waals surface area contributed by atoms with Crippen LogP contribution in [0.3, 0.4) is 0 Å². The minimum absolute atomic E-state index is 0.0378. The first-order chi connectivity index (χ1) is 14.9. The molecule has 1 aromatic heterocycles. The Morgan fingerprint density at radius 2 is 1.97 bits per heavy atom. The molecule has 0 saturated carbocycles. The minimum Gasteiger partial charge on any atom is -0.480 e. The van der Waals surface area contributed by atoms with Crippen molar-refractivity contribution in [2.24, 2.45) is 0 Å². The van der Waals surface area contributed by atoms with Gasteiger partial charge in [0, 0.05) is 22.6 Å². The summed E-state index contributed by atoms with van der Waals surface area (Å²) in [6.07, 6.45) is 2.70. The van der Waals surface area contributed by atoms with Gasteiger partial charge in [-0.25, -0.2) is 9.18 Å². The first-order valence-electron chi connectivity index (χ1n) is 10.8. The summed E-state index contributed by atoms with van der Waals surface area (Å²) in [4.78, 5) is 24.5. The predicted octanol–water partition coefficient (Wildman–Crippen LogP) is 4.34. The Balaban J connectivity index is 1.60. The van der Waals surface area contributed by atoms with Crippen molar-refractivity contribution in [2.45, 2.75) is 58.0 Å². The number of rotatable bonds is 6. The normalized spacial score (nSPS) is 16.7. The van der Waals surface area contributed by atoms with Crippen LogP contribution in [-0.2, 0) is 28.9 Å². The van der Waals surface area contributed by atoms with E-state index in [2.05, 4.69) is 5.32 Å². The zero-order valence-electron chi connectivity index (χ0n) is 17.8. The number of hydrogen-bond acceptors (Lipinski definition) is 2. The fourth-order valence-electron chi connectivity index (χ4n) is 4.68. The van der Waals surface area contributed by atoms with Crippen LogP contribution in [0.5, 0.6) is 0 Å². The van der Waals surface area contributed by atoms with Gasteiger partial charge in [0.05, 0.1) is 6.42 Å². The molecule has 2 aromatic carbocycles. The minimum atomic E-state index is -0.889. The van der Waals surface area contributed by atoms with Crippen LogP contribution < -0.4 is 5.32 Å². The van der Waals surface area contributed by atoms with Crippen LogP contribution in [-0.4, -0.2) is 27.6 Å². The molecule has 6 heteroatoms. The van der Waals surface area contributed by atoms with Crippen LogP contribution >= 0.6 is 0 Å². The van der Waals surface area contributed by atoms with E-state index >= 15 is 0 Å². The molecule has 1 amide bonds. The zero-order chi connectivity index (χ0) is 22.1. The molecule has 0 saturated heterocycles. The summed E-state index contributed by atoms with van der Waals surface area (Å²) in [5.74, 6) is -1.27. The van der Waals surface area contributed by atoms with E-state index in [-0.39, 0.29) is 17.8 Å². The lowest BCUT2D eigenvalue weighted by atomic mass is 9.91. The molecule has 3 aromatic rings. The second kappa shape index (κ2) is 8.53. The highest BCUT2D eigenvalue weighted by Gasteiger charge is 2.30. The third kappa shape index (κ3) is 4.20. The molecule has 0 fully saturated rings. The van der Waals surface area contributed by atoms with Crippen LogP contribution in [0, 0.1) is 12.7 Å². The molecule has 0 aliphatic heterocycles. The van der Waals surface area contributed by atoms with Crippen LogP contribution in [0.25, 0.3) is 10.9 Å². The number of halogens is 1. The monoisotopic (exact) mass is 422 g/mol. The Morgan fingerprint density at radius 3 is 2.65 bits per heavy atom. The van der Waals surface area contributed by atoms with Crippen molar-refractivity contribution in [3.8, 4) is 0 Å². The van der Waals surface area contributed by atoms with Crippen molar-refractivity contribution in [3.63, 3.8) is 0 Å². The maximum absolute atomic E-state index is 14.0. The van der Waals surface area contributed by atoms with Crippen LogP contribution in [0.2, 0.25) is 0 Å². The van der Waals surface area contributed by atoms with E-state index in [4.69, 9.17) is 0 Å². The first-order valence-corrected chi connectivity index (χ1v) is 10.8. The maximum atomic E-state index is 14.0. The van der Waals surface area contributed by atoms with Crippen molar-refractivity contribution in [3.05, 3.63) is 70.7 Å². The number of aliphatic carboxylic acids is 1. The van der Waals surface area contributed by atoms with Gasteiger partial charge in [0.2, 0.25) is 5.91 Å². The van der Waals surface area contributed by atoms with Gasteiger partial charge in [-0.1, -0.05) is 36.8 Å². The van der Waals surface area contributed by atoms with Gasteiger partial charge in [-0.3, -0.25) is 4.79 Å². The number of benzene rings is 2. The first kappa shape index (κ1) is 21.1. The fraction of sp³-hybridized carbons (Fsp3) is 0.360. The number of carbonyl (C=O) groups is 2. The van der Waals surface area contributed by atoms with E-state index in [1.54, 1.807) is 6.07 Å². The zero-order valence-corrected chi connectivity index (χ0v) is 17.8. The van der Waals surface area contributed by atoms with Gasteiger partial charge >= 0.3 is 5.97 Å². The number of nitrogens with one attached hydrogen (secondary N) is 1. The molecular weight excluding hydrogens is 395 g/mol. The Labute approximate surface area is 180 Å². The smallest absolute Gasteiger partial charge is 0.326 e. The van der Waals surface area contributed by atoms with E-state index < -0.39 is 12.0 Å². The van der Waals surface area contributed by atoms with Gasteiger partial charge in [0.25, 0.3) is 0 Å². The summed E-state index contributed by atoms with van der Waals surface area (Å²) in [5, 5.41) is 13.6. The fourth-order valence-corrected chi connectivity index (χ4v) is 4.68. The molecule has 1 heterocycles. The molecule has 2 atom stereocenters. The van der Waals surface area contributed by atoms with Crippen molar-refractivity contribution in [2.75, 3.05) is 0 Å². The van der Waals surface area contributed by atoms with E-state index in [1.165, 1.54) is 12.1 Å². The van der Waals surface area contributed by atoms with E-state index in [0.717, 1.165) is 39.7 Å². The lowest BCUT2D eigenvalue weighted by Crippen LogP contribution is -2.40. The number of fused-ring (bicyclic) bond motifs is 3. The second-order valence-electron chi connectivity index (χ2n) is 8.39. The summed E-state index contributed by atoms with van der Waals surface area (Å²) in [6, 6.07) is 11.7. The van der Waals surface area contributed by atoms with E-state index in [0.29, 0.717) is 25.7 Å². The van der Waals surface area contributed by atoms with E-state index in [1.807, 2.05) is 42.7 Å². The average Bonchev–Trinajstić information content (AvgIpc) is 3.03. The maximum Gasteiger partial charge on any atom is 0.326 e. The molecule has 2 N–H and O–H groups in total. The average molecular weight is 423 g/mol. The van der Waals surface area contributed by atoms with Gasteiger partial charge in [-0.05, 0) is 61.9 Å². The van der Waals surface area contributed by atoms with Crippen molar-refractivity contribution in [1.82, 2.24) is 9.88 Å². The van der Waals surface area contributed by atoms with Gasteiger partial charge in [-0.2, -0.15) is 0 Å². The molecule has 0 spiro atoms. The molecular formula is C25H27FN2O3. The van der Waals surface area contributed by atoms with Crippen LogP contribution in [0.4, 0.5) is 4.39 Å². The van der Waals surface area contributed by atoms with Gasteiger partial charge in [0.1, 0.15) is 11.9 Å². The number of nitrogens with zero attached hydrogens (tertiary/aromatic N) is 1. The highest BCUT2D eigenvalue weighted by atomic mass is 19.1. The summed E-state index contributed by atoms with van der Waals surface area (Å²) in [5.41, 5.74) is 4.75. The molecule has 31 heavy (non-hydrogen) atoms. The number of aryl methyl sites for hydroxylation is 1. The Hall–Kier alpha value is -3.15. The lowest BCUT2D eigenvalue weighted by Gasteiger charge is -2.26. The van der Waals surface area contributed by atoms with Crippen LogP contribution in [0.1, 0.15) is 48.2 Å². The van der Waals surface area contributed by atoms with Crippen molar-refractivity contribution < 1.29 is 19.1 Å². The number of hydrogen-bond donors (Lipinski definition) is 2. The summed E-state index contributed by atoms with van der Waals surface area (Å²) < 4.78 is 15.9. The van der Waals surface area contributed by atoms with Crippen LogP contribution in [0.15, 0.2) is 42.5 Å². The largest absolute Gasteiger partial charge is 0.480 e. The SMILES string of the molecule is CCC(C(=O)O)n1c2c(c3cc(F)ccc31)C[C@@H](NC(=O)Cc1ccc(C)cc1)CC2. The highest BCUT2D eigenvalue weighted by Crippen LogP contribution is 2.36.